The summed E-state index contributed by atoms with van der Waals surface area (Å²) in [7, 11) is -2.66. The number of hydrogen-bond donors (Lipinski definition) is 1. The number of methoxy groups -OCH3 is 1. The third-order valence-electron chi connectivity index (χ3n) is 5.64. The van der Waals surface area contributed by atoms with Gasteiger partial charge in [-0.1, -0.05) is 19.3 Å². The molecule has 0 unspecified atom stereocenters. The molecule has 0 radical (unpaired) electrons. The average Bonchev–Trinajstić information content (AvgIpc) is 2.72. The van der Waals surface area contributed by atoms with Gasteiger partial charge in [0.25, 0.3) is 0 Å². The van der Waals surface area contributed by atoms with Gasteiger partial charge in [-0.25, -0.2) is 8.42 Å². The Balaban J connectivity index is 1.69. The molecule has 3 rings (SSSR count). The van der Waals surface area contributed by atoms with Crippen molar-refractivity contribution < 1.29 is 27.8 Å². The van der Waals surface area contributed by atoms with Crippen LogP contribution < -0.4 is 4.74 Å². The Kier molecular flexibility index (Phi) is 6.95. The molecule has 28 heavy (non-hydrogen) atoms. The van der Waals surface area contributed by atoms with Crippen molar-refractivity contribution in [1.82, 2.24) is 4.31 Å². The molecule has 2 fully saturated rings. The highest BCUT2D eigenvalue weighted by Gasteiger charge is 2.41. The number of carbonyl (C=O) groups excluding carboxylic acids is 1. The van der Waals surface area contributed by atoms with Crippen LogP contribution in [-0.4, -0.2) is 56.2 Å². The van der Waals surface area contributed by atoms with Gasteiger partial charge in [0.2, 0.25) is 10.0 Å². The van der Waals surface area contributed by atoms with Crippen LogP contribution in [0.3, 0.4) is 0 Å². The van der Waals surface area contributed by atoms with E-state index in [2.05, 4.69) is 0 Å². The smallest absolute Gasteiger partial charge is 0.324 e. The van der Waals surface area contributed by atoms with E-state index in [9.17, 15) is 18.3 Å². The van der Waals surface area contributed by atoms with Crippen molar-refractivity contribution in [3.05, 3.63) is 24.3 Å². The topological polar surface area (TPSA) is 93.1 Å². The standard InChI is InChI=1S/C20H29NO6S/c1-26-20(23)19-13-16(22)11-12-21(19)28(24,25)18-9-7-17(8-10-18)27-14-15-5-3-2-4-6-15/h7-10,15-16,19,22H,2-6,11-14H2,1H3/t16-,19-/m0/s1. The minimum atomic E-state index is -3.88. The summed E-state index contributed by atoms with van der Waals surface area (Å²) < 4.78 is 37.8. The van der Waals surface area contributed by atoms with E-state index < -0.39 is 28.1 Å². The molecule has 1 aromatic carbocycles. The predicted octanol–water partition coefficient (Wildman–Crippen LogP) is 2.33. The number of nitrogens with zero attached hydrogens (tertiary/aromatic N) is 1. The second kappa shape index (κ2) is 9.24. The summed E-state index contributed by atoms with van der Waals surface area (Å²) in [5, 5.41) is 9.84. The lowest BCUT2D eigenvalue weighted by Crippen LogP contribution is -2.51. The van der Waals surface area contributed by atoms with E-state index in [1.54, 1.807) is 12.1 Å². The zero-order valence-corrected chi connectivity index (χ0v) is 17.1. The summed E-state index contributed by atoms with van der Waals surface area (Å²) in [6, 6.07) is 5.31. The Hall–Kier alpha value is -1.64. The van der Waals surface area contributed by atoms with Gasteiger partial charge in [0, 0.05) is 13.0 Å². The maximum atomic E-state index is 13.0. The molecule has 1 heterocycles. The molecule has 1 aliphatic carbocycles. The quantitative estimate of drug-likeness (QED) is 0.722. The summed E-state index contributed by atoms with van der Waals surface area (Å²) >= 11 is 0. The van der Waals surface area contributed by atoms with Crippen LogP contribution in [0.5, 0.6) is 5.75 Å². The van der Waals surface area contributed by atoms with Crippen molar-refractivity contribution in [2.45, 2.75) is 62.0 Å². The Morgan fingerprint density at radius 3 is 2.46 bits per heavy atom. The Bertz CT molecular complexity index is 757. The fourth-order valence-corrected chi connectivity index (χ4v) is 5.58. The summed E-state index contributed by atoms with van der Waals surface area (Å²) in [5.41, 5.74) is 0. The minimum absolute atomic E-state index is 0.0362. The van der Waals surface area contributed by atoms with Gasteiger partial charge >= 0.3 is 5.97 Å². The molecular weight excluding hydrogens is 382 g/mol. The van der Waals surface area contributed by atoms with Crippen LogP contribution in [0.2, 0.25) is 0 Å². The van der Waals surface area contributed by atoms with Gasteiger partial charge in [-0.2, -0.15) is 4.31 Å². The zero-order chi connectivity index (χ0) is 20.1. The maximum Gasteiger partial charge on any atom is 0.324 e. The van der Waals surface area contributed by atoms with Crippen molar-refractivity contribution >= 4 is 16.0 Å². The highest BCUT2D eigenvalue weighted by atomic mass is 32.2. The van der Waals surface area contributed by atoms with E-state index in [-0.39, 0.29) is 24.3 Å². The fraction of sp³-hybridized carbons (Fsp3) is 0.650. The van der Waals surface area contributed by atoms with Gasteiger partial charge in [-0.3, -0.25) is 4.79 Å². The Morgan fingerprint density at radius 1 is 1.14 bits per heavy atom. The first-order valence-corrected chi connectivity index (χ1v) is 11.4. The number of aliphatic hydroxyl groups is 1. The molecule has 0 bridgehead atoms. The van der Waals surface area contributed by atoms with Gasteiger partial charge in [-0.05, 0) is 49.4 Å². The van der Waals surface area contributed by atoms with E-state index in [0.717, 1.165) is 4.31 Å². The predicted molar refractivity (Wildman–Crippen MR) is 103 cm³/mol. The van der Waals surface area contributed by atoms with Gasteiger partial charge < -0.3 is 14.6 Å². The molecule has 1 saturated carbocycles. The minimum Gasteiger partial charge on any atom is -0.493 e. The molecule has 2 aliphatic rings. The molecule has 1 aromatic rings. The zero-order valence-electron chi connectivity index (χ0n) is 16.2. The van der Waals surface area contributed by atoms with Crippen LogP contribution in [-0.2, 0) is 19.6 Å². The average molecular weight is 412 g/mol. The summed E-state index contributed by atoms with van der Waals surface area (Å²) in [6.07, 6.45) is 5.76. The second-order valence-corrected chi connectivity index (χ2v) is 9.51. The third-order valence-corrected chi connectivity index (χ3v) is 7.56. The Labute approximate surface area is 166 Å². The van der Waals surface area contributed by atoms with Crippen molar-refractivity contribution in [2.24, 2.45) is 5.92 Å². The number of aliphatic hydroxyl groups excluding tert-OH is 1. The number of rotatable bonds is 6. The summed E-state index contributed by atoms with van der Waals surface area (Å²) in [6.45, 7) is 0.726. The van der Waals surface area contributed by atoms with Gasteiger partial charge in [0.15, 0.2) is 0 Å². The van der Waals surface area contributed by atoms with Gasteiger partial charge in [-0.15, -0.1) is 0 Å². The number of esters is 1. The lowest BCUT2D eigenvalue weighted by Gasteiger charge is -2.34. The van der Waals surface area contributed by atoms with Crippen LogP contribution in [0.4, 0.5) is 0 Å². The molecule has 0 spiro atoms. The number of piperidine rings is 1. The monoisotopic (exact) mass is 411 g/mol. The molecule has 1 aliphatic heterocycles. The normalized spacial score (nSPS) is 24.6. The van der Waals surface area contributed by atoms with Crippen molar-refractivity contribution in [3.8, 4) is 5.75 Å². The second-order valence-electron chi connectivity index (χ2n) is 7.62. The third kappa shape index (κ3) is 4.85. The highest BCUT2D eigenvalue weighted by molar-refractivity contribution is 7.89. The molecule has 0 aromatic heterocycles. The molecule has 7 nitrogen and oxygen atoms in total. The Morgan fingerprint density at radius 2 is 1.82 bits per heavy atom. The van der Waals surface area contributed by atoms with Crippen LogP contribution in [0.15, 0.2) is 29.2 Å². The van der Waals surface area contributed by atoms with Crippen LogP contribution in [0, 0.1) is 5.92 Å². The molecule has 2 atom stereocenters. The number of benzene rings is 1. The number of hydrogen-bond acceptors (Lipinski definition) is 6. The van der Waals surface area contributed by atoms with E-state index in [0.29, 0.717) is 18.3 Å². The molecular formula is C20H29NO6S. The molecule has 1 N–H and O–H groups in total. The molecule has 156 valence electrons. The van der Waals surface area contributed by atoms with E-state index in [1.165, 1.54) is 51.3 Å². The van der Waals surface area contributed by atoms with Crippen LogP contribution in [0.25, 0.3) is 0 Å². The van der Waals surface area contributed by atoms with Crippen molar-refractivity contribution in [3.63, 3.8) is 0 Å². The summed E-state index contributed by atoms with van der Waals surface area (Å²) in [5.74, 6) is 0.551. The number of carbonyl (C=O) groups is 1. The maximum absolute atomic E-state index is 13.0. The van der Waals surface area contributed by atoms with Crippen molar-refractivity contribution in [2.75, 3.05) is 20.3 Å². The van der Waals surface area contributed by atoms with E-state index in [1.807, 2.05) is 0 Å². The molecule has 8 heteroatoms. The lowest BCUT2D eigenvalue weighted by molar-refractivity contribution is -0.147. The van der Waals surface area contributed by atoms with Crippen molar-refractivity contribution in [1.29, 1.82) is 0 Å². The molecule has 0 amide bonds. The largest absolute Gasteiger partial charge is 0.493 e. The first-order chi connectivity index (χ1) is 13.4. The molecule has 1 saturated heterocycles. The fourth-order valence-electron chi connectivity index (χ4n) is 3.97. The van der Waals surface area contributed by atoms with Crippen LogP contribution >= 0.6 is 0 Å². The first-order valence-electron chi connectivity index (χ1n) is 9.92. The SMILES string of the molecule is COC(=O)[C@@H]1C[C@@H](O)CCN1S(=O)(=O)c1ccc(OCC2CCCCC2)cc1. The highest BCUT2D eigenvalue weighted by Crippen LogP contribution is 2.28. The number of sulfonamides is 1. The van der Waals surface area contributed by atoms with E-state index >= 15 is 0 Å². The number of ether oxygens (including phenoxy) is 2. The van der Waals surface area contributed by atoms with E-state index in [4.69, 9.17) is 9.47 Å². The van der Waals surface area contributed by atoms with Gasteiger partial charge in [0.1, 0.15) is 11.8 Å². The van der Waals surface area contributed by atoms with Crippen LogP contribution in [0.1, 0.15) is 44.9 Å². The van der Waals surface area contributed by atoms with Gasteiger partial charge in [0.05, 0.1) is 24.7 Å². The summed E-state index contributed by atoms with van der Waals surface area (Å²) in [4.78, 5) is 12.1. The first kappa shape index (κ1) is 21.1. The lowest BCUT2D eigenvalue weighted by atomic mass is 9.90.